The molecule has 9 heteroatoms. The van der Waals surface area contributed by atoms with E-state index in [0.29, 0.717) is 10.6 Å². The number of phenols is 1. The number of phenolic OH excluding ortho intramolecular Hbond substituents is 1. The van der Waals surface area contributed by atoms with Gasteiger partial charge in [-0.05, 0) is 25.1 Å². The molecule has 0 bridgehead atoms. The van der Waals surface area contributed by atoms with Gasteiger partial charge in [-0.1, -0.05) is 25.4 Å². The molecule has 0 aliphatic heterocycles. The predicted octanol–water partition coefficient (Wildman–Crippen LogP) is 5.33. The van der Waals surface area contributed by atoms with Gasteiger partial charge in [0.15, 0.2) is 5.82 Å². The Labute approximate surface area is 162 Å². The maximum Gasteiger partial charge on any atom is 0.418 e. The number of hydrogen-bond acceptors (Lipinski definition) is 3. The van der Waals surface area contributed by atoms with Crippen LogP contribution in [0, 0.1) is 12.7 Å². The zero-order valence-electron chi connectivity index (χ0n) is 15.0. The molecule has 4 nitrogen and oxygen atoms in total. The van der Waals surface area contributed by atoms with Crippen molar-refractivity contribution in [3.05, 3.63) is 62.4 Å². The van der Waals surface area contributed by atoms with Gasteiger partial charge in [0.25, 0.3) is 5.56 Å². The lowest BCUT2D eigenvalue weighted by Gasteiger charge is -2.21. The first-order chi connectivity index (χ1) is 12.9. The lowest BCUT2D eigenvalue weighted by atomic mass is 10.1. The third kappa shape index (κ3) is 3.22. The summed E-state index contributed by atoms with van der Waals surface area (Å²) in [6, 6.07) is 4.27. The lowest BCUT2D eigenvalue weighted by Crippen LogP contribution is -2.28. The molecule has 0 spiro atoms. The number of nitrogens with zero attached hydrogens (tertiary/aromatic N) is 2. The van der Waals surface area contributed by atoms with Gasteiger partial charge in [0.05, 0.1) is 22.2 Å². The highest BCUT2D eigenvalue weighted by atomic mass is 35.5. The molecule has 1 aromatic heterocycles. The second-order valence-electron chi connectivity index (χ2n) is 6.66. The lowest BCUT2D eigenvalue weighted by molar-refractivity contribution is -0.137. The van der Waals surface area contributed by atoms with Gasteiger partial charge in [-0.3, -0.25) is 9.36 Å². The molecule has 0 saturated carbocycles. The fourth-order valence-corrected chi connectivity index (χ4v) is 3.13. The zero-order valence-corrected chi connectivity index (χ0v) is 15.8. The van der Waals surface area contributed by atoms with Crippen LogP contribution in [0.25, 0.3) is 16.6 Å². The van der Waals surface area contributed by atoms with Gasteiger partial charge < -0.3 is 5.11 Å². The summed E-state index contributed by atoms with van der Waals surface area (Å²) in [6.45, 7) is 4.45. The Morgan fingerprint density at radius 1 is 1.21 bits per heavy atom. The van der Waals surface area contributed by atoms with E-state index in [4.69, 9.17) is 11.6 Å². The number of halogens is 5. The molecule has 0 fully saturated rings. The summed E-state index contributed by atoms with van der Waals surface area (Å²) >= 11 is 5.77. The van der Waals surface area contributed by atoms with Crippen LogP contribution in [0.4, 0.5) is 17.6 Å². The number of aromatic hydroxyl groups is 1. The van der Waals surface area contributed by atoms with Crippen LogP contribution < -0.4 is 5.56 Å². The van der Waals surface area contributed by atoms with Gasteiger partial charge in [-0.25, -0.2) is 9.37 Å². The molecule has 1 N–H and O–H groups in total. The first kappa shape index (κ1) is 20.1. The molecule has 3 rings (SSSR count). The molecule has 0 aliphatic rings. The van der Waals surface area contributed by atoms with E-state index in [1.807, 2.05) is 0 Å². The molecule has 148 valence electrons. The highest BCUT2D eigenvalue weighted by Gasteiger charge is 2.38. The van der Waals surface area contributed by atoms with Crippen molar-refractivity contribution in [2.75, 3.05) is 0 Å². The van der Waals surface area contributed by atoms with Crippen molar-refractivity contribution < 1.29 is 22.7 Å². The fourth-order valence-electron chi connectivity index (χ4n) is 2.93. The second kappa shape index (κ2) is 6.77. The van der Waals surface area contributed by atoms with Crippen molar-refractivity contribution in [3.63, 3.8) is 0 Å². The molecule has 0 amide bonds. The largest absolute Gasteiger partial charge is 0.508 e. The molecular formula is C19H15ClF4N2O2. The van der Waals surface area contributed by atoms with E-state index in [9.17, 15) is 23.1 Å². The van der Waals surface area contributed by atoms with Crippen LogP contribution in [0.5, 0.6) is 5.75 Å². The summed E-state index contributed by atoms with van der Waals surface area (Å²) in [5.74, 6) is -2.00. The van der Waals surface area contributed by atoms with Crippen LogP contribution in [0.3, 0.4) is 0 Å². The van der Waals surface area contributed by atoms with Crippen LogP contribution in [-0.2, 0) is 6.18 Å². The molecule has 0 unspecified atom stereocenters. The predicted molar refractivity (Wildman–Crippen MR) is 97.8 cm³/mol. The van der Waals surface area contributed by atoms with Gasteiger partial charge in [-0.2, -0.15) is 13.2 Å². The Morgan fingerprint density at radius 3 is 2.43 bits per heavy atom. The topological polar surface area (TPSA) is 55.1 Å². The van der Waals surface area contributed by atoms with Crippen molar-refractivity contribution >= 4 is 22.5 Å². The van der Waals surface area contributed by atoms with Gasteiger partial charge in [-0.15, -0.1) is 0 Å². The maximum absolute atomic E-state index is 15.0. The first-order valence-corrected chi connectivity index (χ1v) is 8.63. The molecule has 2 aromatic carbocycles. The number of benzene rings is 2. The summed E-state index contributed by atoms with van der Waals surface area (Å²) in [7, 11) is 0. The molecule has 3 aromatic rings. The van der Waals surface area contributed by atoms with E-state index in [1.165, 1.54) is 25.1 Å². The number of alkyl halides is 3. The number of hydrogen-bond donors (Lipinski definition) is 1. The van der Waals surface area contributed by atoms with Crippen LogP contribution in [0.2, 0.25) is 5.02 Å². The minimum absolute atomic E-state index is 0.0534. The summed E-state index contributed by atoms with van der Waals surface area (Å²) < 4.78 is 56.6. The highest BCUT2D eigenvalue weighted by Crippen LogP contribution is 2.39. The minimum Gasteiger partial charge on any atom is -0.508 e. The summed E-state index contributed by atoms with van der Waals surface area (Å²) in [4.78, 5) is 17.3. The molecule has 0 aliphatic carbocycles. The SMILES string of the molecule is Cc1c(Cl)cc(C(F)(F)F)c(-n2c(C(C)C)nc3cc(O)ccc3c2=O)c1F. The quantitative estimate of drug-likeness (QED) is 0.576. The van der Waals surface area contributed by atoms with Gasteiger partial charge in [0, 0.05) is 22.6 Å². The summed E-state index contributed by atoms with van der Waals surface area (Å²) in [5.41, 5.74) is -3.29. The van der Waals surface area contributed by atoms with E-state index in [-0.39, 0.29) is 28.0 Å². The third-order valence-electron chi connectivity index (χ3n) is 4.35. The smallest absolute Gasteiger partial charge is 0.418 e. The fraction of sp³-hybridized carbons (Fsp3) is 0.263. The van der Waals surface area contributed by atoms with E-state index >= 15 is 4.39 Å². The van der Waals surface area contributed by atoms with Crippen molar-refractivity contribution in [1.29, 1.82) is 0 Å². The van der Waals surface area contributed by atoms with E-state index in [0.717, 1.165) is 0 Å². The Morgan fingerprint density at radius 2 is 1.86 bits per heavy atom. The molecule has 0 atom stereocenters. The van der Waals surface area contributed by atoms with Crippen molar-refractivity contribution in [2.24, 2.45) is 0 Å². The van der Waals surface area contributed by atoms with Crippen LogP contribution in [0.1, 0.15) is 36.7 Å². The third-order valence-corrected chi connectivity index (χ3v) is 4.74. The summed E-state index contributed by atoms with van der Waals surface area (Å²) in [5, 5.41) is 9.18. The van der Waals surface area contributed by atoms with Gasteiger partial charge >= 0.3 is 6.18 Å². The average molecular weight is 415 g/mol. The molecule has 0 radical (unpaired) electrons. The highest BCUT2D eigenvalue weighted by molar-refractivity contribution is 6.31. The number of fused-ring (bicyclic) bond motifs is 1. The average Bonchev–Trinajstić information content (AvgIpc) is 2.59. The molecule has 0 saturated heterocycles. The normalized spacial score (nSPS) is 12.2. The first-order valence-electron chi connectivity index (χ1n) is 8.25. The minimum atomic E-state index is -4.95. The molecular weight excluding hydrogens is 400 g/mol. The Kier molecular flexibility index (Phi) is 4.87. The van der Waals surface area contributed by atoms with E-state index in [2.05, 4.69) is 4.98 Å². The van der Waals surface area contributed by atoms with Crippen LogP contribution in [-0.4, -0.2) is 14.7 Å². The zero-order chi connectivity index (χ0) is 21.0. The van der Waals surface area contributed by atoms with Crippen molar-refractivity contribution in [1.82, 2.24) is 9.55 Å². The summed E-state index contributed by atoms with van der Waals surface area (Å²) in [6.07, 6.45) is -4.95. The van der Waals surface area contributed by atoms with Gasteiger partial charge in [0.1, 0.15) is 11.6 Å². The molecule has 28 heavy (non-hydrogen) atoms. The molecule has 1 heterocycles. The Bertz CT molecular complexity index is 1150. The van der Waals surface area contributed by atoms with Gasteiger partial charge in [0.2, 0.25) is 0 Å². The Balaban J connectivity index is 2.57. The monoisotopic (exact) mass is 414 g/mol. The van der Waals surface area contributed by atoms with E-state index < -0.39 is 39.7 Å². The van der Waals surface area contributed by atoms with Crippen LogP contribution >= 0.6 is 11.6 Å². The Hall–Kier alpha value is -2.61. The number of aromatic nitrogens is 2. The van der Waals surface area contributed by atoms with Crippen molar-refractivity contribution in [2.45, 2.75) is 32.9 Å². The van der Waals surface area contributed by atoms with Crippen LogP contribution in [0.15, 0.2) is 29.1 Å². The standard InChI is InChI=1S/C19H15ClF4N2O2/c1-8(2)17-25-14-6-10(27)4-5-11(14)18(28)26(17)16-12(19(22,23)24)7-13(20)9(3)15(16)21/h4-8,27H,1-3H3. The number of rotatable bonds is 2. The maximum atomic E-state index is 15.0. The second-order valence-corrected chi connectivity index (χ2v) is 7.07. The van der Waals surface area contributed by atoms with Crippen molar-refractivity contribution in [3.8, 4) is 11.4 Å². The van der Waals surface area contributed by atoms with E-state index in [1.54, 1.807) is 13.8 Å².